The molecule has 2 aromatic heterocycles. The van der Waals surface area contributed by atoms with Crippen LogP contribution in [-0.4, -0.2) is 25.8 Å². The van der Waals surface area contributed by atoms with Crippen molar-refractivity contribution in [3.8, 4) is 0 Å². The second-order valence-electron chi connectivity index (χ2n) is 7.61. The number of hydrogen-bond acceptors (Lipinski definition) is 3. The molecule has 32 heavy (non-hydrogen) atoms. The standard InChI is InChI=1S/C27H22N4O/c32-27(22-14-9-17-28-18-22)31(19-20-10-3-1-4-11-20)25(21-12-5-2-6-13-21)26-29-23-15-7-8-16-24(23)30-26/h1-18,25H,19H2,(H,29,30). The molecule has 156 valence electrons. The van der Waals surface area contributed by atoms with E-state index in [0.717, 1.165) is 28.0 Å². The van der Waals surface area contributed by atoms with Crippen LogP contribution >= 0.6 is 0 Å². The lowest BCUT2D eigenvalue weighted by Gasteiger charge is -2.31. The minimum Gasteiger partial charge on any atom is -0.340 e. The van der Waals surface area contributed by atoms with Gasteiger partial charge in [-0.1, -0.05) is 72.8 Å². The summed E-state index contributed by atoms with van der Waals surface area (Å²) in [5.74, 6) is 0.627. The smallest absolute Gasteiger partial charge is 0.256 e. The van der Waals surface area contributed by atoms with Crippen molar-refractivity contribution in [2.75, 3.05) is 0 Å². The summed E-state index contributed by atoms with van der Waals surface area (Å²) in [5.41, 5.74) is 4.39. The number of carbonyl (C=O) groups excluding carboxylic acids is 1. The molecule has 1 amide bonds. The van der Waals surface area contributed by atoms with Crippen LogP contribution in [0.2, 0.25) is 0 Å². The number of carbonyl (C=O) groups is 1. The molecular weight excluding hydrogens is 396 g/mol. The molecule has 2 heterocycles. The topological polar surface area (TPSA) is 61.9 Å². The Morgan fingerprint density at radius 1 is 0.844 bits per heavy atom. The number of nitrogens with zero attached hydrogens (tertiary/aromatic N) is 3. The third-order valence-electron chi connectivity index (χ3n) is 5.46. The van der Waals surface area contributed by atoms with Crippen LogP contribution in [0.5, 0.6) is 0 Å². The van der Waals surface area contributed by atoms with E-state index in [1.54, 1.807) is 24.5 Å². The molecule has 5 aromatic rings. The molecule has 1 atom stereocenters. The fraction of sp³-hybridized carbons (Fsp3) is 0.0741. The van der Waals surface area contributed by atoms with Gasteiger partial charge in [-0.25, -0.2) is 4.98 Å². The number of para-hydroxylation sites is 2. The number of nitrogens with one attached hydrogen (secondary N) is 1. The molecule has 5 rings (SSSR count). The van der Waals surface area contributed by atoms with Crippen LogP contribution in [0.4, 0.5) is 0 Å². The Balaban J connectivity index is 1.66. The normalized spacial score (nSPS) is 11.9. The molecular formula is C27H22N4O. The van der Waals surface area contributed by atoms with Gasteiger partial charge in [-0.3, -0.25) is 9.78 Å². The minimum absolute atomic E-state index is 0.101. The van der Waals surface area contributed by atoms with Crippen LogP contribution in [0.1, 0.15) is 33.4 Å². The lowest BCUT2D eigenvalue weighted by Crippen LogP contribution is -2.35. The average Bonchev–Trinajstić information content (AvgIpc) is 3.29. The summed E-state index contributed by atoms with van der Waals surface area (Å²) in [6.07, 6.45) is 3.28. The largest absolute Gasteiger partial charge is 0.340 e. The van der Waals surface area contributed by atoms with Gasteiger partial charge >= 0.3 is 0 Å². The fourth-order valence-electron chi connectivity index (χ4n) is 3.94. The zero-order chi connectivity index (χ0) is 21.8. The molecule has 0 aliphatic carbocycles. The first-order valence-electron chi connectivity index (χ1n) is 10.5. The molecule has 1 N–H and O–H groups in total. The Hall–Kier alpha value is -4.25. The van der Waals surface area contributed by atoms with Crippen molar-refractivity contribution in [2.45, 2.75) is 12.6 Å². The summed E-state index contributed by atoms with van der Waals surface area (Å²) in [5, 5.41) is 0. The maximum Gasteiger partial charge on any atom is 0.256 e. The molecule has 1 unspecified atom stereocenters. The van der Waals surface area contributed by atoms with Crippen LogP contribution in [0.3, 0.4) is 0 Å². The maximum absolute atomic E-state index is 13.8. The second kappa shape index (κ2) is 8.86. The molecule has 0 bridgehead atoms. The predicted molar refractivity (Wildman–Crippen MR) is 125 cm³/mol. The average molecular weight is 419 g/mol. The van der Waals surface area contributed by atoms with Gasteiger partial charge in [0.05, 0.1) is 16.6 Å². The molecule has 5 heteroatoms. The van der Waals surface area contributed by atoms with Crippen molar-refractivity contribution in [2.24, 2.45) is 0 Å². The number of imidazole rings is 1. The molecule has 0 fully saturated rings. The van der Waals surface area contributed by atoms with E-state index in [0.29, 0.717) is 12.1 Å². The molecule has 0 spiro atoms. The van der Waals surface area contributed by atoms with Gasteiger partial charge in [0.15, 0.2) is 0 Å². The maximum atomic E-state index is 13.8. The van der Waals surface area contributed by atoms with Crippen molar-refractivity contribution in [3.05, 3.63) is 132 Å². The summed E-state index contributed by atoms with van der Waals surface area (Å²) in [6, 6.07) is 31.1. The molecule has 0 aliphatic heterocycles. The summed E-state index contributed by atoms with van der Waals surface area (Å²) < 4.78 is 0. The van der Waals surface area contributed by atoms with Gasteiger partial charge in [-0.05, 0) is 35.4 Å². The number of hydrogen-bond donors (Lipinski definition) is 1. The van der Waals surface area contributed by atoms with Crippen molar-refractivity contribution in [1.82, 2.24) is 19.9 Å². The monoisotopic (exact) mass is 418 g/mol. The lowest BCUT2D eigenvalue weighted by atomic mass is 10.0. The van der Waals surface area contributed by atoms with E-state index in [2.05, 4.69) is 9.97 Å². The number of fused-ring (bicyclic) bond motifs is 1. The summed E-state index contributed by atoms with van der Waals surface area (Å²) >= 11 is 0. The van der Waals surface area contributed by atoms with E-state index in [4.69, 9.17) is 4.98 Å². The minimum atomic E-state index is -0.392. The molecule has 0 saturated carbocycles. The fourth-order valence-corrected chi connectivity index (χ4v) is 3.94. The molecule has 0 saturated heterocycles. The van der Waals surface area contributed by atoms with Gasteiger partial charge in [0.25, 0.3) is 5.91 Å². The Morgan fingerprint density at radius 3 is 2.28 bits per heavy atom. The third-order valence-corrected chi connectivity index (χ3v) is 5.46. The Labute approximate surface area is 186 Å². The van der Waals surface area contributed by atoms with E-state index in [9.17, 15) is 4.79 Å². The van der Waals surface area contributed by atoms with Gasteiger partial charge in [-0.2, -0.15) is 0 Å². The van der Waals surface area contributed by atoms with Gasteiger partial charge in [-0.15, -0.1) is 0 Å². The summed E-state index contributed by atoms with van der Waals surface area (Å²) in [4.78, 5) is 28.1. The number of amides is 1. The summed E-state index contributed by atoms with van der Waals surface area (Å²) in [7, 11) is 0. The number of aromatic amines is 1. The number of rotatable bonds is 6. The van der Waals surface area contributed by atoms with E-state index >= 15 is 0 Å². The number of benzene rings is 3. The highest BCUT2D eigenvalue weighted by Crippen LogP contribution is 2.31. The number of pyridine rings is 1. The third kappa shape index (κ3) is 4.01. The Bertz CT molecular complexity index is 1280. The number of H-pyrrole nitrogens is 1. The van der Waals surface area contributed by atoms with Crippen molar-refractivity contribution in [3.63, 3.8) is 0 Å². The molecule has 0 radical (unpaired) electrons. The quantitative estimate of drug-likeness (QED) is 0.402. The number of aromatic nitrogens is 3. The molecule has 5 nitrogen and oxygen atoms in total. The zero-order valence-corrected chi connectivity index (χ0v) is 17.4. The Kier molecular flexibility index (Phi) is 5.45. The van der Waals surface area contributed by atoms with Crippen molar-refractivity contribution < 1.29 is 4.79 Å². The Morgan fingerprint density at radius 2 is 1.56 bits per heavy atom. The predicted octanol–water partition coefficient (Wildman–Crippen LogP) is 5.39. The highest BCUT2D eigenvalue weighted by Gasteiger charge is 2.30. The van der Waals surface area contributed by atoms with Crippen molar-refractivity contribution in [1.29, 1.82) is 0 Å². The van der Waals surface area contributed by atoms with Crippen LogP contribution < -0.4 is 0 Å². The highest BCUT2D eigenvalue weighted by molar-refractivity contribution is 5.94. The second-order valence-corrected chi connectivity index (χ2v) is 7.61. The van der Waals surface area contributed by atoms with Gasteiger partial charge < -0.3 is 9.88 Å². The van der Waals surface area contributed by atoms with Gasteiger partial charge in [0, 0.05) is 18.9 Å². The van der Waals surface area contributed by atoms with Crippen LogP contribution in [0.25, 0.3) is 11.0 Å². The summed E-state index contributed by atoms with van der Waals surface area (Å²) in [6.45, 7) is 0.436. The van der Waals surface area contributed by atoms with Gasteiger partial charge in [0.2, 0.25) is 0 Å². The first-order valence-corrected chi connectivity index (χ1v) is 10.5. The van der Waals surface area contributed by atoms with E-state index in [1.807, 2.05) is 89.8 Å². The molecule has 3 aromatic carbocycles. The van der Waals surface area contributed by atoms with Gasteiger partial charge in [0.1, 0.15) is 11.9 Å². The zero-order valence-electron chi connectivity index (χ0n) is 17.4. The first-order chi connectivity index (χ1) is 15.8. The van der Waals surface area contributed by atoms with Crippen LogP contribution in [-0.2, 0) is 6.54 Å². The van der Waals surface area contributed by atoms with E-state index < -0.39 is 6.04 Å². The first kappa shape index (κ1) is 19.7. The van der Waals surface area contributed by atoms with Crippen molar-refractivity contribution >= 4 is 16.9 Å². The van der Waals surface area contributed by atoms with E-state index in [1.165, 1.54) is 0 Å². The van der Waals surface area contributed by atoms with Crippen LogP contribution in [0.15, 0.2) is 109 Å². The SMILES string of the molecule is O=C(c1cccnc1)N(Cc1ccccc1)C(c1ccccc1)c1nc2ccccc2[nH]1. The lowest BCUT2D eigenvalue weighted by molar-refractivity contribution is 0.0684. The molecule has 0 aliphatic rings. The highest BCUT2D eigenvalue weighted by atomic mass is 16.2. The van der Waals surface area contributed by atoms with E-state index in [-0.39, 0.29) is 5.91 Å². The van der Waals surface area contributed by atoms with Crippen LogP contribution in [0, 0.1) is 0 Å².